The zero-order chi connectivity index (χ0) is 27.9. The molecular formula is C33H36N5O3+. The number of rotatable bonds is 7. The van der Waals surface area contributed by atoms with Gasteiger partial charge >= 0.3 is 0 Å². The van der Waals surface area contributed by atoms with Crippen LogP contribution in [0.3, 0.4) is 0 Å². The van der Waals surface area contributed by atoms with Gasteiger partial charge in [0.1, 0.15) is 18.1 Å². The number of fused-ring (bicyclic) bond motifs is 2. The van der Waals surface area contributed by atoms with E-state index >= 15 is 0 Å². The average Bonchev–Trinajstić information content (AvgIpc) is 3.78. The summed E-state index contributed by atoms with van der Waals surface area (Å²) in [5.41, 5.74) is 9.00. The van der Waals surface area contributed by atoms with E-state index in [1.54, 1.807) is 6.33 Å². The highest BCUT2D eigenvalue weighted by atomic mass is 16.5. The number of benzene rings is 2. The van der Waals surface area contributed by atoms with Crippen molar-refractivity contribution in [1.82, 2.24) is 14.9 Å². The second kappa shape index (κ2) is 10.8. The first-order chi connectivity index (χ1) is 20.1. The van der Waals surface area contributed by atoms with E-state index in [1.165, 1.54) is 24.0 Å². The number of aromatic amines is 2. The van der Waals surface area contributed by atoms with Crippen molar-refractivity contribution in [2.75, 3.05) is 44.3 Å². The minimum absolute atomic E-state index is 0.0270. The molecule has 210 valence electrons. The number of hydrogen-bond acceptors (Lipinski definition) is 5. The van der Waals surface area contributed by atoms with Crippen molar-refractivity contribution in [3.63, 3.8) is 0 Å². The molecule has 7 rings (SSSR count). The number of nitrogens with zero attached hydrogens (tertiary/aromatic N) is 3. The third-order valence-corrected chi connectivity index (χ3v) is 8.70. The Morgan fingerprint density at radius 3 is 2.85 bits per heavy atom. The van der Waals surface area contributed by atoms with E-state index in [0.717, 1.165) is 71.7 Å². The van der Waals surface area contributed by atoms with Crippen molar-refractivity contribution in [2.45, 2.75) is 38.5 Å². The van der Waals surface area contributed by atoms with Gasteiger partial charge in [0.05, 0.1) is 17.5 Å². The molecule has 8 nitrogen and oxygen atoms in total. The Morgan fingerprint density at radius 1 is 1.15 bits per heavy atom. The van der Waals surface area contributed by atoms with E-state index < -0.39 is 0 Å². The van der Waals surface area contributed by atoms with Crippen LogP contribution in [-0.2, 0) is 0 Å². The van der Waals surface area contributed by atoms with Gasteiger partial charge in [0, 0.05) is 37.5 Å². The van der Waals surface area contributed by atoms with Gasteiger partial charge in [-0.2, -0.15) is 0 Å². The highest BCUT2D eigenvalue weighted by Crippen LogP contribution is 2.42. The van der Waals surface area contributed by atoms with Crippen LogP contribution in [0.4, 0.5) is 5.69 Å². The Labute approximate surface area is 239 Å². The normalized spacial score (nSPS) is 17.8. The number of aromatic nitrogens is 3. The highest BCUT2D eigenvalue weighted by molar-refractivity contribution is 6.09. The summed E-state index contributed by atoms with van der Waals surface area (Å²) in [6, 6.07) is 14.4. The first kappa shape index (κ1) is 25.9. The number of carbonyl (C=O) groups is 1. The van der Waals surface area contributed by atoms with Crippen LogP contribution in [0, 0.1) is 6.92 Å². The summed E-state index contributed by atoms with van der Waals surface area (Å²) in [5, 5.41) is 10.2. The second-order valence-electron chi connectivity index (χ2n) is 11.4. The van der Waals surface area contributed by atoms with Crippen LogP contribution < -0.4 is 14.6 Å². The number of amides is 1. The maximum Gasteiger partial charge on any atom is 0.262 e. The zero-order valence-corrected chi connectivity index (χ0v) is 23.4. The largest absolute Gasteiger partial charge is 0.491 e. The minimum atomic E-state index is -0.0270. The SMILES string of the molecule is Cc1c(-c2nc[nH+]c3[nH]c(C4=CCN(CCCO)CC4)cc23)cccc1N1CCOc2cc(C3CC3)ccc2C1=O. The summed E-state index contributed by atoms with van der Waals surface area (Å²) in [5.74, 6) is 1.28. The Kier molecular flexibility index (Phi) is 6.80. The molecule has 2 aliphatic heterocycles. The van der Waals surface area contributed by atoms with E-state index in [2.05, 4.69) is 52.1 Å². The molecule has 1 fully saturated rings. The Hall–Kier alpha value is -4.01. The van der Waals surface area contributed by atoms with Crippen molar-refractivity contribution < 1.29 is 19.6 Å². The lowest BCUT2D eigenvalue weighted by Gasteiger charge is -2.25. The summed E-state index contributed by atoms with van der Waals surface area (Å²) in [4.78, 5) is 29.7. The van der Waals surface area contributed by atoms with E-state index in [4.69, 9.17) is 14.8 Å². The summed E-state index contributed by atoms with van der Waals surface area (Å²) >= 11 is 0. The molecule has 4 heterocycles. The standard InChI is InChI=1S/C33H35N5O3/c1-21-25(31-27-19-28(36-32(27)35-20-34-31)23-10-13-37(14-11-23)12-3-16-39)4-2-5-29(21)38-15-17-41-30-18-24(22-6-7-22)8-9-26(30)33(38)40/h2,4-5,8-10,18-20,22,39H,3,6-7,11-17H2,1H3,(H,34,35,36)/p+1. The number of ether oxygens (including phenoxy) is 1. The number of carbonyl (C=O) groups excluding carboxylic acids is 1. The predicted molar refractivity (Wildman–Crippen MR) is 159 cm³/mol. The molecule has 0 unspecified atom stereocenters. The van der Waals surface area contributed by atoms with Gasteiger partial charge < -0.3 is 14.7 Å². The van der Waals surface area contributed by atoms with Gasteiger partial charge in [0.2, 0.25) is 12.0 Å². The molecule has 1 amide bonds. The molecular weight excluding hydrogens is 514 g/mol. The number of aliphatic hydroxyl groups is 1. The van der Waals surface area contributed by atoms with Crippen LogP contribution in [-0.4, -0.2) is 65.3 Å². The summed E-state index contributed by atoms with van der Waals surface area (Å²) in [6.07, 6.45) is 8.21. The van der Waals surface area contributed by atoms with Crippen molar-refractivity contribution in [1.29, 1.82) is 0 Å². The van der Waals surface area contributed by atoms with Gasteiger partial charge in [-0.1, -0.05) is 24.3 Å². The van der Waals surface area contributed by atoms with Crippen LogP contribution in [0.1, 0.15) is 58.8 Å². The van der Waals surface area contributed by atoms with E-state index in [1.807, 2.05) is 23.1 Å². The molecule has 0 atom stereocenters. The van der Waals surface area contributed by atoms with E-state index in [-0.39, 0.29) is 12.5 Å². The fraction of sp³-hybridized carbons (Fsp3) is 0.364. The van der Waals surface area contributed by atoms with Crippen LogP contribution in [0.25, 0.3) is 27.9 Å². The van der Waals surface area contributed by atoms with Crippen molar-refractivity contribution in [2.24, 2.45) is 0 Å². The minimum Gasteiger partial charge on any atom is -0.491 e. The average molecular weight is 551 g/mol. The quantitative estimate of drug-likeness (QED) is 0.347. The van der Waals surface area contributed by atoms with Crippen molar-refractivity contribution in [3.05, 3.63) is 77.3 Å². The first-order valence-corrected chi connectivity index (χ1v) is 14.7. The van der Waals surface area contributed by atoms with Crippen LogP contribution >= 0.6 is 0 Å². The molecule has 3 N–H and O–H groups in total. The first-order valence-electron chi connectivity index (χ1n) is 14.7. The molecule has 4 aromatic rings. The van der Waals surface area contributed by atoms with Crippen molar-refractivity contribution >= 4 is 28.2 Å². The van der Waals surface area contributed by atoms with Gasteiger partial charge in [-0.05, 0) is 79.5 Å². The predicted octanol–water partition coefficient (Wildman–Crippen LogP) is 4.74. The van der Waals surface area contributed by atoms with Gasteiger partial charge in [-0.25, -0.2) is 4.98 Å². The van der Waals surface area contributed by atoms with Crippen LogP contribution in [0.15, 0.2) is 54.9 Å². The maximum atomic E-state index is 13.8. The molecule has 0 bridgehead atoms. The number of anilines is 1. The summed E-state index contributed by atoms with van der Waals surface area (Å²) < 4.78 is 6.09. The Morgan fingerprint density at radius 2 is 2.05 bits per heavy atom. The molecule has 1 aliphatic carbocycles. The lowest BCUT2D eigenvalue weighted by atomic mass is 9.99. The molecule has 3 aliphatic rings. The molecule has 2 aromatic heterocycles. The van der Waals surface area contributed by atoms with Gasteiger partial charge in [-0.3, -0.25) is 14.7 Å². The van der Waals surface area contributed by atoms with Crippen LogP contribution in [0.5, 0.6) is 5.75 Å². The third-order valence-electron chi connectivity index (χ3n) is 8.70. The zero-order valence-electron chi connectivity index (χ0n) is 23.4. The Balaban J connectivity index is 1.20. The summed E-state index contributed by atoms with van der Waals surface area (Å²) in [7, 11) is 0. The number of nitrogens with one attached hydrogen (secondary N) is 2. The molecule has 41 heavy (non-hydrogen) atoms. The third kappa shape index (κ3) is 4.91. The molecule has 0 saturated heterocycles. The molecule has 0 radical (unpaired) electrons. The molecule has 0 spiro atoms. The van der Waals surface area contributed by atoms with Crippen LogP contribution in [0.2, 0.25) is 0 Å². The maximum absolute atomic E-state index is 13.8. The van der Waals surface area contributed by atoms with Crippen molar-refractivity contribution in [3.8, 4) is 17.0 Å². The summed E-state index contributed by atoms with van der Waals surface area (Å²) in [6.45, 7) is 6.03. The number of H-pyrrole nitrogens is 2. The van der Waals surface area contributed by atoms with Gasteiger partial charge in [0.15, 0.2) is 5.69 Å². The second-order valence-corrected chi connectivity index (χ2v) is 11.4. The Bertz CT molecular complexity index is 1650. The fourth-order valence-corrected chi connectivity index (χ4v) is 6.23. The molecule has 8 heteroatoms. The van der Waals surface area contributed by atoms with E-state index in [9.17, 15) is 4.79 Å². The topological polar surface area (TPSA) is 95.8 Å². The smallest absolute Gasteiger partial charge is 0.262 e. The fourth-order valence-electron chi connectivity index (χ4n) is 6.23. The van der Waals surface area contributed by atoms with Gasteiger partial charge in [-0.15, -0.1) is 4.98 Å². The molecule has 1 saturated carbocycles. The number of hydrogen-bond donors (Lipinski definition) is 2. The highest BCUT2D eigenvalue weighted by Gasteiger charge is 2.30. The number of aliphatic hydroxyl groups excluding tert-OH is 1. The molecule has 2 aromatic carbocycles. The van der Waals surface area contributed by atoms with E-state index in [0.29, 0.717) is 30.4 Å². The van der Waals surface area contributed by atoms with Gasteiger partial charge in [0.25, 0.3) is 5.91 Å². The lowest BCUT2D eigenvalue weighted by molar-refractivity contribution is -0.352. The lowest BCUT2D eigenvalue weighted by Crippen LogP contribution is -2.33. The monoisotopic (exact) mass is 550 g/mol.